The molecule has 104 valence electrons. The van der Waals surface area contributed by atoms with Crippen LogP contribution in [-0.4, -0.2) is 35.0 Å². The van der Waals surface area contributed by atoms with E-state index in [2.05, 4.69) is 0 Å². The summed E-state index contributed by atoms with van der Waals surface area (Å²) in [6.07, 6.45) is 1.84. The van der Waals surface area contributed by atoms with Gasteiger partial charge in [0.05, 0.1) is 0 Å². The Morgan fingerprint density at radius 1 is 1.33 bits per heavy atom. The Morgan fingerprint density at radius 2 is 1.94 bits per heavy atom. The monoisotopic (exact) mass is 255 g/mol. The molecule has 18 heavy (non-hydrogen) atoms. The number of carbonyl (C=O) groups excluding carboxylic acids is 2. The van der Waals surface area contributed by atoms with E-state index in [9.17, 15) is 9.59 Å². The standard InChI is InChI=1S/C14H25NO3/c1-6-12(16)11-7-8-15(10(2)9-11)13(17)18-14(3,4)5/h10-11H,6-9H2,1-5H3/t10-,11-/m1/s1. The first-order chi connectivity index (χ1) is 8.24. The Labute approximate surface area is 110 Å². The Kier molecular flexibility index (Phi) is 4.77. The van der Waals surface area contributed by atoms with Gasteiger partial charge in [0.15, 0.2) is 0 Å². The number of carbonyl (C=O) groups is 2. The van der Waals surface area contributed by atoms with Crippen LogP contribution in [0, 0.1) is 5.92 Å². The third-order valence-electron chi connectivity index (χ3n) is 3.31. The van der Waals surface area contributed by atoms with Gasteiger partial charge in [0.25, 0.3) is 0 Å². The number of amides is 1. The van der Waals surface area contributed by atoms with E-state index in [0.717, 1.165) is 12.8 Å². The van der Waals surface area contributed by atoms with E-state index < -0.39 is 5.60 Å². The van der Waals surface area contributed by atoms with Crippen LogP contribution in [0.4, 0.5) is 4.79 Å². The molecule has 0 spiro atoms. The molecule has 1 aliphatic heterocycles. The predicted octanol–water partition coefficient (Wildman–Crippen LogP) is 3.00. The summed E-state index contributed by atoms with van der Waals surface area (Å²) in [6.45, 7) is 10.1. The van der Waals surface area contributed by atoms with Crippen LogP contribution in [0.15, 0.2) is 0 Å². The zero-order valence-electron chi connectivity index (χ0n) is 12.2. The van der Waals surface area contributed by atoms with Crippen LogP contribution >= 0.6 is 0 Å². The first-order valence-electron chi connectivity index (χ1n) is 6.77. The molecule has 2 atom stereocenters. The van der Waals surface area contributed by atoms with E-state index in [4.69, 9.17) is 4.74 Å². The van der Waals surface area contributed by atoms with Crippen molar-refractivity contribution in [2.75, 3.05) is 6.54 Å². The molecule has 0 aliphatic carbocycles. The molecule has 0 aromatic rings. The molecule has 0 aromatic carbocycles. The highest BCUT2D eigenvalue weighted by atomic mass is 16.6. The first kappa shape index (κ1) is 15.0. The summed E-state index contributed by atoms with van der Waals surface area (Å²) in [5.74, 6) is 0.425. The fourth-order valence-electron chi connectivity index (χ4n) is 2.35. The number of ketones is 1. The summed E-state index contributed by atoms with van der Waals surface area (Å²) in [6, 6.07) is 0.0779. The zero-order valence-corrected chi connectivity index (χ0v) is 12.2. The Hall–Kier alpha value is -1.06. The Morgan fingerprint density at radius 3 is 2.39 bits per heavy atom. The fraction of sp³-hybridized carbons (Fsp3) is 0.857. The minimum Gasteiger partial charge on any atom is -0.444 e. The Balaban J connectivity index is 2.57. The van der Waals surface area contributed by atoms with Crippen molar-refractivity contribution in [3.63, 3.8) is 0 Å². The van der Waals surface area contributed by atoms with Gasteiger partial charge < -0.3 is 9.64 Å². The molecule has 0 saturated carbocycles. The lowest BCUT2D eigenvalue weighted by Gasteiger charge is -2.37. The molecule has 0 radical (unpaired) electrons. The maximum atomic E-state index is 12.0. The number of hydrogen-bond acceptors (Lipinski definition) is 3. The van der Waals surface area contributed by atoms with Crippen LogP contribution in [0.3, 0.4) is 0 Å². The zero-order chi connectivity index (χ0) is 13.9. The van der Waals surface area contributed by atoms with Crippen molar-refractivity contribution in [2.45, 2.75) is 65.5 Å². The molecule has 0 unspecified atom stereocenters. The second-order valence-corrected chi connectivity index (χ2v) is 6.06. The van der Waals surface area contributed by atoms with Gasteiger partial charge in [-0.25, -0.2) is 4.79 Å². The third kappa shape index (κ3) is 4.00. The van der Waals surface area contributed by atoms with Gasteiger partial charge in [0, 0.05) is 24.9 Å². The Bertz CT molecular complexity index is 319. The first-order valence-corrected chi connectivity index (χ1v) is 6.77. The van der Waals surface area contributed by atoms with Crippen molar-refractivity contribution < 1.29 is 14.3 Å². The average Bonchev–Trinajstić information content (AvgIpc) is 2.25. The molecule has 4 heteroatoms. The van der Waals surface area contributed by atoms with Crippen molar-refractivity contribution in [3.8, 4) is 0 Å². The number of hydrogen-bond donors (Lipinski definition) is 0. The molecule has 1 heterocycles. The van der Waals surface area contributed by atoms with Gasteiger partial charge in [0.2, 0.25) is 0 Å². The number of rotatable bonds is 2. The molecule has 0 N–H and O–H groups in total. The molecule has 0 aromatic heterocycles. The third-order valence-corrected chi connectivity index (χ3v) is 3.31. The molecule has 4 nitrogen and oxygen atoms in total. The largest absolute Gasteiger partial charge is 0.444 e. The summed E-state index contributed by atoms with van der Waals surface area (Å²) < 4.78 is 5.37. The summed E-state index contributed by atoms with van der Waals surface area (Å²) in [4.78, 5) is 25.4. The maximum absolute atomic E-state index is 12.0. The molecule has 1 fully saturated rings. The number of likely N-dealkylation sites (tertiary alicyclic amines) is 1. The number of Topliss-reactive ketones (excluding diaryl/α,β-unsaturated/α-hetero) is 1. The maximum Gasteiger partial charge on any atom is 0.410 e. The fourth-order valence-corrected chi connectivity index (χ4v) is 2.35. The highest BCUT2D eigenvalue weighted by molar-refractivity contribution is 5.81. The molecule has 0 bridgehead atoms. The topological polar surface area (TPSA) is 46.6 Å². The van der Waals surface area contributed by atoms with Gasteiger partial charge in [-0.05, 0) is 40.5 Å². The lowest BCUT2D eigenvalue weighted by Crippen LogP contribution is -2.47. The van der Waals surface area contributed by atoms with Gasteiger partial charge in [0.1, 0.15) is 11.4 Å². The summed E-state index contributed by atoms with van der Waals surface area (Å²) in [5.41, 5.74) is -0.465. The van der Waals surface area contributed by atoms with E-state index in [-0.39, 0.29) is 18.1 Å². The van der Waals surface area contributed by atoms with Crippen molar-refractivity contribution in [1.82, 2.24) is 4.90 Å². The molecular formula is C14H25NO3. The minimum absolute atomic E-state index is 0.0779. The lowest BCUT2D eigenvalue weighted by atomic mass is 9.87. The van der Waals surface area contributed by atoms with Crippen LogP contribution in [0.5, 0.6) is 0 Å². The SMILES string of the molecule is CCC(=O)[C@@H]1CCN(C(=O)OC(C)(C)C)[C@H](C)C1. The minimum atomic E-state index is -0.465. The summed E-state index contributed by atoms with van der Waals surface area (Å²) in [5, 5.41) is 0. The molecule has 1 rings (SSSR count). The predicted molar refractivity (Wildman–Crippen MR) is 70.4 cm³/mol. The van der Waals surface area contributed by atoms with Crippen LogP contribution in [0.25, 0.3) is 0 Å². The summed E-state index contributed by atoms with van der Waals surface area (Å²) in [7, 11) is 0. The van der Waals surface area contributed by atoms with Crippen molar-refractivity contribution in [3.05, 3.63) is 0 Å². The van der Waals surface area contributed by atoms with Crippen LogP contribution in [0.2, 0.25) is 0 Å². The van der Waals surface area contributed by atoms with E-state index >= 15 is 0 Å². The van der Waals surface area contributed by atoms with E-state index in [1.165, 1.54) is 0 Å². The second kappa shape index (κ2) is 5.72. The van der Waals surface area contributed by atoms with Gasteiger partial charge in [-0.2, -0.15) is 0 Å². The quantitative estimate of drug-likeness (QED) is 0.762. The second-order valence-electron chi connectivity index (χ2n) is 6.06. The van der Waals surface area contributed by atoms with Gasteiger partial charge in [-0.15, -0.1) is 0 Å². The number of ether oxygens (including phenoxy) is 1. The number of piperidine rings is 1. The van der Waals surface area contributed by atoms with Gasteiger partial charge >= 0.3 is 6.09 Å². The lowest BCUT2D eigenvalue weighted by molar-refractivity contribution is -0.124. The van der Waals surface area contributed by atoms with Gasteiger partial charge in [-0.3, -0.25) is 4.79 Å². The normalized spacial score (nSPS) is 24.8. The molecule has 1 amide bonds. The van der Waals surface area contributed by atoms with E-state index in [1.807, 2.05) is 34.6 Å². The van der Waals surface area contributed by atoms with Crippen LogP contribution < -0.4 is 0 Å². The molecule has 1 aliphatic rings. The van der Waals surface area contributed by atoms with Crippen LogP contribution in [0.1, 0.15) is 53.9 Å². The van der Waals surface area contributed by atoms with E-state index in [0.29, 0.717) is 18.7 Å². The molecular weight excluding hydrogens is 230 g/mol. The van der Waals surface area contributed by atoms with Crippen molar-refractivity contribution in [1.29, 1.82) is 0 Å². The smallest absolute Gasteiger partial charge is 0.410 e. The summed E-state index contributed by atoms with van der Waals surface area (Å²) >= 11 is 0. The highest BCUT2D eigenvalue weighted by Crippen LogP contribution is 2.25. The van der Waals surface area contributed by atoms with E-state index in [1.54, 1.807) is 4.90 Å². The van der Waals surface area contributed by atoms with Gasteiger partial charge in [-0.1, -0.05) is 6.92 Å². The van der Waals surface area contributed by atoms with Crippen molar-refractivity contribution >= 4 is 11.9 Å². The van der Waals surface area contributed by atoms with Crippen LogP contribution in [-0.2, 0) is 9.53 Å². The van der Waals surface area contributed by atoms with Crippen molar-refractivity contribution in [2.24, 2.45) is 5.92 Å². The average molecular weight is 255 g/mol. The number of nitrogens with zero attached hydrogens (tertiary/aromatic N) is 1. The highest BCUT2D eigenvalue weighted by Gasteiger charge is 2.33. The molecule has 1 saturated heterocycles.